The summed E-state index contributed by atoms with van der Waals surface area (Å²) in [5.41, 5.74) is 0.142. The molecule has 0 spiro atoms. The Bertz CT molecular complexity index is 827. The van der Waals surface area contributed by atoms with Gasteiger partial charge in [0.05, 0.1) is 12.4 Å². The highest BCUT2D eigenvalue weighted by atomic mass is 32.2. The van der Waals surface area contributed by atoms with Gasteiger partial charge in [-0.1, -0.05) is 0 Å². The quantitative estimate of drug-likeness (QED) is 0.889. The van der Waals surface area contributed by atoms with Gasteiger partial charge in [-0.2, -0.15) is 0 Å². The van der Waals surface area contributed by atoms with Crippen LogP contribution in [0.25, 0.3) is 10.9 Å². The molecule has 2 heterocycles. The van der Waals surface area contributed by atoms with Crippen LogP contribution in [0.2, 0.25) is 0 Å². The molecule has 9 heteroatoms. The Morgan fingerprint density at radius 1 is 1.41 bits per heavy atom. The Morgan fingerprint density at radius 2 is 2.18 bits per heavy atom. The van der Waals surface area contributed by atoms with Crippen molar-refractivity contribution >= 4 is 26.7 Å². The molecule has 1 atom stereocenters. The largest absolute Gasteiger partial charge is 0.494 e. The number of anilines is 1. The molecule has 2 N–H and O–H groups in total. The average molecular weight is 326 g/mol. The van der Waals surface area contributed by atoms with Crippen molar-refractivity contribution in [3.05, 3.63) is 24.3 Å². The molecule has 1 aromatic heterocycles. The number of hydrogen-bond acceptors (Lipinski definition) is 6. The first kappa shape index (κ1) is 14.9. The summed E-state index contributed by atoms with van der Waals surface area (Å²) in [5.74, 6) is 0.0320. The van der Waals surface area contributed by atoms with E-state index in [2.05, 4.69) is 9.97 Å². The van der Waals surface area contributed by atoms with Gasteiger partial charge in [0, 0.05) is 18.5 Å². The van der Waals surface area contributed by atoms with Gasteiger partial charge in [0.1, 0.15) is 17.7 Å². The lowest BCUT2D eigenvalue weighted by Crippen LogP contribution is -2.32. The number of methoxy groups -OCH3 is 1. The van der Waals surface area contributed by atoms with Gasteiger partial charge in [0.15, 0.2) is 11.6 Å². The average Bonchev–Trinajstić information content (AvgIpc) is 2.97. The van der Waals surface area contributed by atoms with Gasteiger partial charge in [-0.25, -0.2) is 27.9 Å². The number of sulfonamides is 1. The van der Waals surface area contributed by atoms with Crippen molar-refractivity contribution in [2.24, 2.45) is 5.14 Å². The highest BCUT2D eigenvalue weighted by molar-refractivity contribution is 7.89. The van der Waals surface area contributed by atoms with Crippen LogP contribution in [0.1, 0.15) is 6.42 Å². The second kappa shape index (κ2) is 5.33. The van der Waals surface area contributed by atoms with E-state index < -0.39 is 21.1 Å². The van der Waals surface area contributed by atoms with Crippen molar-refractivity contribution in [2.75, 3.05) is 25.1 Å². The van der Waals surface area contributed by atoms with Gasteiger partial charge in [0.25, 0.3) is 0 Å². The van der Waals surface area contributed by atoms with Crippen molar-refractivity contribution in [1.82, 2.24) is 9.97 Å². The molecule has 1 aliphatic rings. The van der Waals surface area contributed by atoms with Crippen molar-refractivity contribution in [2.45, 2.75) is 11.7 Å². The van der Waals surface area contributed by atoms with E-state index in [4.69, 9.17) is 9.88 Å². The van der Waals surface area contributed by atoms with Crippen molar-refractivity contribution in [1.29, 1.82) is 0 Å². The maximum atomic E-state index is 14.3. The predicted molar refractivity (Wildman–Crippen MR) is 79.8 cm³/mol. The van der Waals surface area contributed by atoms with Gasteiger partial charge < -0.3 is 9.64 Å². The SMILES string of the molecule is COc1ccc2c(N3CCC(S(N)(=O)=O)C3)ncnc2c1F. The summed E-state index contributed by atoms with van der Waals surface area (Å²) < 4.78 is 42.1. The minimum absolute atomic E-state index is 0.0981. The topological polar surface area (TPSA) is 98.4 Å². The summed E-state index contributed by atoms with van der Waals surface area (Å²) in [7, 11) is -2.22. The summed E-state index contributed by atoms with van der Waals surface area (Å²) in [6.07, 6.45) is 1.67. The molecular weight excluding hydrogens is 311 g/mol. The number of halogens is 1. The molecule has 118 valence electrons. The first-order valence-electron chi connectivity index (χ1n) is 6.65. The summed E-state index contributed by atoms with van der Waals surface area (Å²) in [6.45, 7) is 0.722. The van der Waals surface area contributed by atoms with Crippen LogP contribution in [0.5, 0.6) is 5.75 Å². The van der Waals surface area contributed by atoms with E-state index in [1.165, 1.54) is 19.5 Å². The van der Waals surface area contributed by atoms with Crippen LogP contribution in [-0.4, -0.2) is 43.8 Å². The number of nitrogens with two attached hydrogens (primary N) is 1. The molecule has 2 aromatic rings. The van der Waals surface area contributed by atoms with E-state index in [0.29, 0.717) is 24.2 Å². The fourth-order valence-electron chi connectivity index (χ4n) is 2.66. The van der Waals surface area contributed by atoms with Gasteiger partial charge in [-0.05, 0) is 18.6 Å². The van der Waals surface area contributed by atoms with Crippen LogP contribution >= 0.6 is 0 Å². The number of benzene rings is 1. The Kier molecular flexibility index (Phi) is 3.61. The molecule has 7 nitrogen and oxygen atoms in total. The van der Waals surface area contributed by atoms with E-state index in [1.54, 1.807) is 11.0 Å². The second-order valence-corrected chi connectivity index (χ2v) is 6.97. The number of hydrogen-bond donors (Lipinski definition) is 1. The van der Waals surface area contributed by atoms with Crippen molar-refractivity contribution in [3.63, 3.8) is 0 Å². The molecule has 1 aromatic carbocycles. The highest BCUT2D eigenvalue weighted by Gasteiger charge is 2.32. The molecule has 1 fully saturated rings. The van der Waals surface area contributed by atoms with Crippen LogP contribution in [0, 0.1) is 5.82 Å². The summed E-state index contributed by atoms with van der Waals surface area (Å²) in [5, 5.41) is 5.06. The van der Waals surface area contributed by atoms with Crippen LogP contribution in [0.4, 0.5) is 10.2 Å². The zero-order chi connectivity index (χ0) is 15.9. The van der Waals surface area contributed by atoms with Crippen molar-refractivity contribution < 1.29 is 17.5 Å². The van der Waals surface area contributed by atoms with E-state index in [-0.39, 0.29) is 17.8 Å². The highest BCUT2D eigenvalue weighted by Crippen LogP contribution is 2.31. The molecule has 0 radical (unpaired) electrons. The maximum absolute atomic E-state index is 14.3. The number of nitrogens with zero attached hydrogens (tertiary/aromatic N) is 3. The number of fused-ring (bicyclic) bond motifs is 1. The molecular formula is C13H15FN4O3S. The number of aromatic nitrogens is 2. The standard InChI is InChI=1S/C13H15FN4O3S/c1-21-10-3-2-9-12(11(10)14)16-7-17-13(9)18-5-4-8(6-18)22(15,19)20/h2-3,7-8H,4-6H2,1H3,(H2,15,19,20). The minimum Gasteiger partial charge on any atom is -0.494 e. The molecule has 1 aliphatic heterocycles. The van der Waals surface area contributed by atoms with E-state index in [1.807, 2.05) is 0 Å². The molecule has 1 unspecified atom stereocenters. The van der Waals surface area contributed by atoms with Gasteiger partial charge in [0.2, 0.25) is 10.0 Å². The van der Waals surface area contributed by atoms with Crippen LogP contribution in [0.15, 0.2) is 18.5 Å². The molecule has 0 saturated carbocycles. The van der Waals surface area contributed by atoms with E-state index in [0.717, 1.165) is 0 Å². The number of primary sulfonamides is 1. The first-order chi connectivity index (χ1) is 10.4. The lowest BCUT2D eigenvalue weighted by molar-refractivity contribution is 0.388. The predicted octanol–water partition coefficient (Wildman–Crippen LogP) is 0.645. The minimum atomic E-state index is -3.59. The summed E-state index contributed by atoms with van der Waals surface area (Å²) in [4.78, 5) is 9.91. The maximum Gasteiger partial charge on any atom is 0.213 e. The number of ether oxygens (including phenoxy) is 1. The van der Waals surface area contributed by atoms with Crippen LogP contribution in [-0.2, 0) is 10.0 Å². The second-order valence-electron chi connectivity index (χ2n) is 5.12. The number of rotatable bonds is 3. The fraction of sp³-hybridized carbons (Fsp3) is 0.385. The zero-order valence-electron chi connectivity index (χ0n) is 11.9. The Hall–Kier alpha value is -2.00. The van der Waals surface area contributed by atoms with E-state index >= 15 is 0 Å². The lowest BCUT2D eigenvalue weighted by atomic mass is 10.2. The Morgan fingerprint density at radius 3 is 2.82 bits per heavy atom. The van der Waals surface area contributed by atoms with Gasteiger partial charge >= 0.3 is 0 Å². The van der Waals surface area contributed by atoms with E-state index in [9.17, 15) is 12.8 Å². The molecule has 3 rings (SSSR count). The first-order valence-corrected chi connectivity index (χ1v) is 8.26. The summed E-state index contributed by atoms with van der Waals surface area (Å²) >= 11 is 0. The Balaban J connectivity index is 2.04. The molecule has 0 bridgehead atoms. The molecule has 1 saturated heterocycles. The van der Waals surface area contributed by atoms with Crippen LogP contribution in [0.3, 0.4) is 0 Å². The molecule has 0 amide bonds. The zero-order valence-corrected chi connectivity index (χ0v) is 12.7. The smallest absolute Gasteiger partial charge is 0.213 e. The van der Waals surface area contributed by atoms with Crippen LogP contribution < -0.4 is 14.8 Å². The van der Waals surface area contributed by atoms with Gasteiger partial charge in [-0.3, -0.25) is 0 Å². The Labute approximate surface area is 127 Å². The third-order valence-electron chi connectivity index (χ3n) is 3.82. The fourth-order valence-corrected chi connectivity index (χ4v) is 3.48. The monoisotopic (exact) mass is 326 g/mol. The van der Waals surface area contributed by atoms with Crippen molar-refractivity contribution in [3.8, 4) is 5.75 Å². The molecule has 22 heavy (non-hydrogen) atoms. The third-order valence-corrected chi connectivity index (χ3v) is 5.13. The normalized spacial score (nSPS) is 18.9. The van der Waals surface area contributed by atoms with Gasteiger partial charge in [-0.15, -0.1) is 0 Å². The molecule has 0 aliphatic carbocycles. The third kappa shape index (κ3) is 2.46. The lowest BCUT2D eigenvalue weighted by Gasteiger charge is -2.19. The summed E-state index contributed by atoms with van der Waals surface area (Å²) in [6, 6.07) is 3.16.